The summed E-state index contributed by atoms with van der Waals surface area (Å²) in [6.45, 7) is 0. The van der Waals surface area contributed by atoms with Gasteiger partial charge in [-0.1, -0.05) is 57.1 Å². The summed E-state index contributed by atoms with van der Waals surface area (Å²) in [7, 11) is 0. The van der Waals surface area contributed by atoms with Gasteiger partial charge < -0.3 is 5.73 Å². The van der Waals surface area contributed by atoms with Crippen LogP contribution >= 0.6 is 0 Å². The van der Waals surface area contributed by atoms with E-state index < -0.39 is 0 Å². The van der Waals surface area contributed by atoms with E-state index in [9.17, 15) is 0 Å². The van der Waals surface area contributed by atoms with Crippen LogP contribution in [0.15, 0.2) is 12.2 Å². The summed E-state index contributed by atoms with van der Waals surface area (Å²) in [6, 6.07) is 0.475. The Kier molecular flexibility index (Phi) is 9.40. The van der Waals surface area contributed by atoms with Crippen molar-refractivity contribution in [3.63, 3.8) is 0 Å². The first-order valence-corrected chi connectivity index (χ1v) is 7.80. The molecule has 2 N–H and O–H groups in total. The van der Waals surface area contributed by atoms with Crippen molar-refractivity contribution in [1.82, 2.24) is 0 Å². The van der Waals surface area contributed by atoms with E-state index >= 15 is 0 Å². The summed E-state index contributed by atoms with van der Waals surface area (Å²) in [6.07, 6.45) is 22.2. The van der Waals surface area contributed by atoms with E-state index in [0.29, 0.717) is 6.04 Å². The molecule has 0 heterocycles. The molecule has 0 saturated carbocycles. The first kappa shape index (κ1) is 14.8. The zero-order valence-electron chi connectivity index (χ0n) is 11.5. The van der Waals surface area contributed by atoms with Gasteiger partial charge in [0.05, 0.1) is 0 Å². The summed E-state index contributed by atoms with van der Waals surface area (Å²) < 4.78 is 0. The highest BCUT2D eigenvalue weighted by Gasteiger charge is 2.02. The van der Waals surface area contributed by atoms with Gasteiger partial charge >= 0.3 is 0 Å². The Morgan fingerprint density at radius 1 is 0.588 bits per heavy atom. The highest BCUT2D eigenvalue weighted by Crippen LogP contribution is 2.13. The SMILES string of the molecule is NC1CCCCCCC=CCCCCCCC1. The Morgan fingerprint density at radius 3 is 1.53 bits per heavy atom. The fourth-order valence-electron chi connectivity index (χ4n) is 2.60. The molecule has 0 aromatic carbocycles. The number of hydrogen-bond acceptors (Lipinski definition) is 1. The van der Waals surface area contributed by atoms with E-state index in [1.807, 2.05) is 0 Å². The molecule has 0 bridgehead atoms. The lowest BCUT2D eigenvalue weighted by molar-refractivity contribution is 0.486. The largest absolute Gasteiger partial charge is 0.328 e. The molecular weight excluding hydrogens is 206 g/mol. The Hall–Kier alpha value is -0.300. The smallest absolute Gasteiger partial charge is 0.00388 e. The molecule has 0 aromatic rings. The first-order chi connectivity index (χ1) is 8.39. The molecule has 1 atom stereocenters. The van der Waals surface area contributed by atoms with Gasteiger partial charge in [0, 0.05) is 6.04 Å². The van der Waals surface area contributed by atoms with Crippen molar-refractivity contribution >= 4 is 0 Å². The van der Waals surface area contributed by atoms with Crippen molar-refractivity contribution in [3.8, 4) is 0 Å². The maximum atomic E-state index is 6.13. The van der Waals surface area contributed by atoms with Crippen LogP contribution in [-0.2, 0) is 0 Å². The highest BCUT2D eigenvalue weighted by atomic mass is 14.6. The summed E-state index contributed by atoms with van der Waals surface area (Å²) in [5.41, 5.74) is 6.13. The molecule has 0 radical (unpaired) electrons. The van der Waals surface area contributed by atoms with Gasteiger partial charge in [0.2, 0.25) is 0 Å². The second kappa shape index (κ2) is 10.8. The lowest BCUT2D eigenvalue weighted by atomic mass is 10.0. The van der Waals surface area contributed by atoms with Crippen molar-refractivity contribution in [2.45, 2.75) is 89.5 Å². The van der Waals surface area contributed by atoms with Gasteiger partial charge in [-0.15, -0.1) is 0 Å². The summed E-state index contributed by atoms with van der Waals surface area (Å²) in [5.74, 6) is 0. The van der Waals surface area contributed by atoms with Crippen LogP contribution in [-0.4, -0.2) is 6.04 Å². The van der Waals surface area contributed by atoms with Crippen molar-refractivity contribution < 1.29 is 0 Å². The minimum Gasteiger partial charge on any atom is -0.328 e. The van der Waals surface area contributed by atoms with E-state index in [0.717, 1.165) is 0 Å². The predicted molar refractivity (Wildman–Crippen MR) is 77.1 cm³/mol. The van der Waals surface area contributed by atoms with Gasteiger partial charge in [-0.05, 0) is 38.5 Å². The topological polar surface area (TPSA) is 26.0 Å². The number of nitrogens with two attached hydrogens (primary N) is 1. The van der Waals surface area contributed by atoms with Crippen LogP contribution in [0.5, 0.6) is 0 Å². The van der Waals surface area contributed by atoms with E-state index in [1.54, 1.807) is 0 Å². The van der Waals surface area contributed by atoms with Crippen molar-refractivity contribution in [2.24, 2.45) is 5.73 Å². The van der Waals surface area contributed by atoms with Crippen molar-refractivity contribution in [3.05, 3.63) is 12.2 Å². The summed E-state index contributed by atoms with van der Waals surface area (Å²) in [4.78, 5) is 0. The molecule has 0 amide bonds. The molecular formula is C16H31N. The molecule has 0 aromatic heterocycles. The Labute approximate surface area is 108 Å². The van der Waals surface area contributed by atoms with E-state index in [2.05, 4.69) is 12.2 Å². The van der Waals surface area contributed by atoms with Crippen molar-refractivity contribution in [2.75, 3.05) is 0 Å². The Morgan fingerprint density at radius 2 is 1.00 bits per heavy atom. The monoisotopic (exact) mass is 237 g/mol. The van der Waals surface area contributed by atoms with Gasteiger partial charge in [-0.2, -0.15) is 0 Å². The van der Waals surface area contributed by atoms with Gasteiger partial charge in [0.25, 0.3) is 0 Å². The molecule has 1 nitrogen and oxygen atoms in total. The van der Waals surface area contributed by atoms with Crippen LogP contribution in [0, 0.1) is 0 Å². The first-order valence-electron chi connectivity index (χ1n) is 7.80. The Bertz CT molecular complexity index is 186. The summed E-state index contributed by atoms with van der Waals surface area (Å²) in [5, 5.41) is 0. The molecule has 1 aliphatic carbocycles. The number of hydrogen-bond donors (Lipinski definition) is 1. The molecule has 1 heteroatoms. The normalized spacial score (nSPS) is 26.8. The molecule has 0 fully saturated rings. The fourth-order valence-corrected chi connectivity index (χ4v) is 2.60. The standard InChI is InChI=1S/C16H31N/c17-16-14-12-10-8-6-4-2-1-3-5-7-9-11-13-15-16/h1-2,16H,3-15,17H2. The molecule has 0 aliphatic heterocycles. The van der Waals surface area contributed by atoms with Crippen molar-refractivity contribution in [1.29, 1.82) is 0 Å². The van der Waals surface area contributed by atoms with Crippen LogP contribution < -0.4 is 5.73 Å². The zero-order chi connectivity index (χ0) is 12.2. The maximum absolute atomic E-state index is 6.13. The van der Waals surface area contributed by atoms with Gasteiger partial charge in [-0.3, -0.25) is 0 Å². The highest BCUT2D eigenvalue weighted by molar-refractivity contribution is 4.81. The van der Waals surface area contributed by atoms with E-state index in [4.69, 9.17) is 5.73 Å². The minimum absolute atomic E-state index is 0.475. The molecule has 0 saturated heterocycles. The van der Waals surface area contributed by atoms with Crippen LogP contribution in [0.3, 0.4) is 0 Å². The van der Waals surface area contributed by atoms with Crippen LogP contribution in [0.1, 0.15) is 83.5 Å². The number of allylic oxidation sites excluding steroid dienone is 2. The zero-order valence-corrected chi connectivity index (χ0v) is 11.5. The summed E-state index contributed by atoms with van der Waals surface area (Å²) >= 11 is 0. The third-order valence-corrected chi connectivity index (χ3v) is 3.81. The van der Waals surface area contributed by atoms with Gasteiger partial charge in [0.1, 0.15) is 0 Å². The van der Waals surface area contributed by atoms with E-state index in [-0.39, 0.29) is 0 Å². The second-order valence-electron chi connectivity index (χ2n) is 5.57. The molecule has 17 heavy (non-hydrogen) atoms. The third kappa shape index (κ3) is 9.41. The second-order valence-corrected chi connectivity index (χ2v) is 5.57. The molecule has 1 aliphatic rings. The van der Waals surface area contributed by atoms with E-state index in [1.165, 1.54) is 83.5 Å². The molecule has 1 unspecified atom stereocenters. The van der Waals surface area contributed by atoms with Crippen LogP contribution in [0.25, 0.3) is 0 Å². The lowest BCUT2D eigenvalue weighted by Crippen LogP contribution is -2.19. The maximum Gasteiger partial charge on any atom is 0.00388 e. The van der Waals surface area contributed by atoms with Gasteiger partial charge in [-0.25, -0.2) is 0 Å². The quantitative estimate of drug-likeness (QED) is 0.592. The number of rotatable bonds is 0. The predicted octanol–water partition coefficient (Wildman–Crippen LogP) is 4.95. The average molecular weight is 237 g/mol. The van der Waals surface area contributed by atoms with Crippen LogP contribution in [0.2, 0.25) is 0 Å². The third-order valence-electron chi connectivity index (χ3n) is 3.81. The van der Waals surface area contributed by atoms with Crippen LogP contribution in [0.4, 0.5) is 0 Å². The fraction of sp³-hybridized carbons (Fsp3) is 0.875. The average Bonchev–Trinajstić information content (AvgIpc) is 2.32. The molecule has 100 valence electrons. The lowest BCUT2D eigenvalue weighted by Gasteiger charge is -2.11. The molecule has 1 rings (SSSR count). The molecule has 0 spiro atoms. The van der Waals surface area contributed by atoms with Gasteiger partial charge in [0.15, 0.2) is 0 Å². The minimum atomic E-state index is 0.475. The Balaban J connectivity index is 2.16.